The van der Waals surface area contributed by atoms with Crippen LogP contribution in [0, 0.1) is 17.8 Å². The number of nitrogens with zero attached hydrogens (tertiary/aromatic N) is 3. The minimum atomic E-state index is -0.195. The third kappa shape index (κ3) is 3.02. The molecule has 0 aliphatic heterocycles. The number of thiophene rings is 1. The Kier molecular flexibility index (Phi) is 4.52. The van der Waals surface area contributed by atoms with Crippen molar-refractivity contribution in [1.29, 1.82) is 0 Å². The van der Waals surface area contributed by atoms with E-state index in [1.807, 2.05) is 16.8 Å². The SMILES string of the molecule is CN(C)C(=O)CNC(=O)[C@H]1[C@H]2CC[C@H](C2)[C@@H]1c1nc(-c2ccsc2)no1. The van der Waals surface area contributed by atoms with E-state index < -0.39 is 0 Å². The van der Waals surface area contributed by atoms with Crippen LogP contribution in [0.3, 0.4) is 0 Å². The van der Waals surface area contributed by atoms with Crippen molar-refractivity contribution in [2.24, 2.45) is 17.8 Å². The number of carbonyl (C=O) groups excluding carboxylic acids is 2. The molecule has 2 heterocycles. The summed E-state index contributed by atoms with van der Waals surface area (Å²) in [6.45, 7) is 0.0242. The van der Waals surface area contributed by atoms with Crippen molar-refractivity contribution in [1.82, 2.24) is 20.4 Å². The molecule has 0 spiro atoms. The van der Waals surface area contributed by atoms with Crippen LogP contribution in [-0.2, 0) is 9.59 Å². The van der Waals surface area contributed by atoms with Gasteiger partial charge in [0.1, 0.15) is 0 Å². The number of nitrogens with one attached hydrogen (secondary N) is 1. The highest BCUT2D eigenvalue weighted by molar-refractivity contribution is 7.08. The third-order valence-corrected chi connectivity index (χ3v) is 6.32. The maximum Gasteiger partial charge on any atom is 0.241 e. The predicted molar refractivity (Wildman–Crippen MR) is 96.4 cm³/mol. The van der Waals surface area contributed by atoms with Crippen molar-refractivity contribution in [3.8, 4) is 11.4 Å². The van der Waals surface area contributed by atoms with Gasteiger partial charge in [0.25, 0.3) is 0 Å². The minimum Gasteiger partial charge on any atom is -0.347 e. The Morgan fingerprint density at radius 1 is 1.35 bits per heavy atom. The predicted octanol–water partition coefficient (Wildman–Crippen LogP) is 2.13. The molecule has 0 saturated heterocycles. The molecule has 4 atom stereocenters. The molecule has 0 radical (unpaired) electrons. The van der Waals surface area contributed by atoms with Gasteiger partial charge in [-0.15, -0.1) is 0 Å². The van der Waals surface area contributed by atoms with Crippen molar-refractivity contribution in [3.63, 3.8) is 0 Å². The zero-order chi connectivity index (χ0) is 18.3. The Balaban J connectivity index is 1.52. The van der Waals surface area contributed by atoms with E-state index in [2.05, 4.69) is 15.5 Å². The summed E-state index contributed by atoms with van der Waals surface area (Å²) in [7, 11) is 3.36. The highest BCUT2D eigenvalue weighted by atomic mass is 32.1. The normalized spacial score (nSPS) is 26.8. The number of fused-ring (bicyclic) bond motifs is 2. The molecule has 2 amide bonds. The van der Waals surface area contributed by atoms with Crippen LogP contribution in [0.4, 0.5) is 0 Å². The molecular formula is C18H22N4O3S. The fourth-order valence-corrected chi connectivity index (χ4v) is 4.98. The van der Waals surface area contributed by atoms with Gasteiger partial charge in [0, 0.05) is 25.0 Å². The maximum atomic E-state index is 12.8. The molecular weight excluding hydrogens is 352 g/mol. The summed E-state index contributed by atoms with van der Waals surface area (Å²) in [5.74, 6) is 1.42. The fourth-order valence-electron chi connectivity index (χ4n) is 4.34. The third-order valence-electron chi connectivity index (χ3n) is 5.64. The number of amides is 2. The average Bonchev–Trinajstić information content (AvgIpc) is 3.41. The van der Waals surface area contributed by atoms with Crippen molar-refractivity contribution in [3.05, 3.63) is 22.7 Å². The van der Waals surface area contributed by atoms with Gasteiger partial charge in [0.15, 0.2) is 0 Å². The van der Waals surface area contributed by atoms with Gasteiger partial charge in [-0.2, -0.15) is 16.3 Å². The Labute approximate surface area is 155 Å². The molecule has 138 valence electrons. The zero-order valence-electron chi connectivity index (χ0n) is 14.8. The lowest BCUT2D eigenvalue weighted by molar-refractivity contribution is -0.133. The van der Waals surface area contributed by atoms with E-state index in [-0.39, 0.29) is 30.2 Å². The van der Waals surface area contributed by atoms with Gasteiger partial charge in [0.05, 0.1) is 18.4 Å². The maximum absolute atomic E-state index is 12.8. The van der Waals surface area contributed by atoms with E-state index in [0.29, 0.717) is 23.6 Å². The lowest BCUT2D eigenvalue weighted by Crippen LogP contribution is -2.42. The molecule has 2 aliphatic rings. The topological polar surface area (TPSA) is 88.3 Å². The monoisotopic (exact) mass is 374 g/mol. The summed E-state index contributed by atoms with van der Waals surface area (Å²) in [4.78, 5) is 30.7. The quantitative estimate of drug-likeness (QED) is 0.866. The number of hydrogen-bond donors (Lipinski definition) is 1. The van der Waals surface area contributed by atoms with Gasteiger partial charge in [0.2, 0.25) is 23.5 Å². The van der Waals surface area contributed by atoms with E-state index >= 15 is 0 Å². The van der Waals surface area contributed by atoms with Crippen molar-refractivity contribution in [2.75, 3.05) is 20.6 Å². The molecule has 26 heavy (non-hydrogen) atoms. The molecule has 7 nitrogen and oxygen atoms in total. The molecule has 2 saturated carbocycles. The second-order valence-electron chi connectivity index (χ2n) is 7.36. The molecule has 4 rings (SSSR count). The van der Waals surface area contributed by atoms with Gasteiger partial charge < -0.3 is 14.7 Å². The first-order chi connectivity index (χ1) is 12.5. The van der Waals surface area contributed by atoms with Crippen molar-refractivity contribution in [2.45, 2.75) is 25.2 Å². The van der Waals surface area contributed by atoms with E-state index in [1.54, 1.807) is 25.4 Å². The molecule has 2 fully saturated rings. The molecule has 1 N–H and O–H groups in total. The Bertz CT molecular complexity index is 801. The zero-order valence-corrected chi connectivity index (χ0v) is 15.7. The molecule has 0 aromatic carbocycles. The summed E-state index contributed by atoms with van der Waals surface area (Å²) in [5, 5.41) is 10.9. The van der Waals surface area contributed by atoms with Crippen LogP contribution < -0.4 is 5.32 Å². The van der Waals surface area contributed by atoms with Gasteiger partial charge >= 0.3 is 0 Å². The lowest BCUT2D eigenvalue weighted by atomic mass is 9.78. The Hall–Kier alpha value is -2.22. The van der Waals surface area contributed by atoms with Gasteiger partial charge in [-0.1, -0.05) is 5.16 Å². The summed E-state index contributed by atoms with van der Waals surface area (Å²) >= 11 is 1.58. The highest BCUT2D eigenvalue weighted by Crippen LogP contribution is 2.56. The van der Waals surface area contributed by atoms with Gasteiger partial charge in [-0.3, -0.25) is 9.59 Å². The van der Waals surface area contributed by atoms with Crippen LogP contribution in [0.2, 0.25) is 0 Å². The van der Waals surface area contributed by atoms with Crippen molar-refractivity contribution < 1.29 is 14.1 Å². The van der Waals surface area contributed by atoms with Gasteiger partial charge in [-0.25, -0.2) is 0 Å². The van der Waals surface area contributed by atoms with Crippen LogP contribution in [0.1, 0.15) is 31.1 Å². The first-order valence-corrected chi connectivity index (χ1v) is 9.83. The molecule has 0 unspecified atom stereocenters. The van der Waals surface area contributed by atoms with E-state index in [4.69, 9.17) is 4.52 Å². The molecule has 2 aromatic heterocycles. The second-order valence-corrected chi connectivity index (χ2v) is 8.14. The van der Waals surface area contributed by atoms with Crippen LogP contribution in [0.25, 0.3) is 11.4 Å². The van der Waals surface area contributed by atoms with Crippen LogP contribution in [0.15, 0.2) is 21.3 Å². The fraction of sp³-hybridized carbons (Fsp3) is 0.556. The van der Waals surface area contributed by atoms with E-state index in [0.717, 1.165) is 24.8 Å². The molecule has 2 aromatic rings. The standard InChI is InChI=1S/C18H22N4O3S/c1-22(2)13(23)8-19-17(24)14-10-3-4-11(7-10)15(14)18-20-16(21-25-18)12-5-6-26-9-12/h5-6,9-11,14-15H,3-4,7-8H2,1-2H3,(H,19,24)/t10-,11+,14-,15-/m0/s1. The molecule has 8 heteroatoms. The van der Waals surface area contributed by atoms with E-state index in [9.17, 15) is 9.59 Å². The first-order valence-electron chi connectivity index (χ1n) is 8.88. The Morgan fingerprint density at radius 3 is 2.88 bits per heavy atom. The van der Waals surface area contributed by atoms with Crippen molar-refractivity contribution >= 4 is 23.2 Å². The highest BCUT2D eigenvalue weighted by Gasteiger charge is 2.53. The van der Waals surface area contributed by atoms with Crippen LogP contribution in [0.5, 0.6) is 0 Å². The number of likely N-dealkylation sites (N-methyl/N-ethyl adjacent to an activating group) is 1. The summed E-state index contributed by atoms with van der Waals surface area (Å²) < 4.78 is 5.56. The molecule has 2 bridgehead atoms. The van der Waals surface area contributed by atoms with Gasteiger partial charge in [-0.05, 0) is 42.5 Å². The number of aromatic nitrogens is 2. The lowest BCUT2D eigenvalue weighted by Gasteiger charge is -2.27. The van der Waals surface area contributed by atoms with Crippen LogP contribution in [-0.4, -0.2) is 47.5 Å². The number of rotatable bonds is 5. The summed E-state index contributed by atoms with van der Waals surface area (Å²) in [6, 6.07) is 1.96. The first kappa shape index (κ1) is 17.2. The minimum absolute atomic E-state index is 0.0242. The van der Waals surface area contributed by atoms with Crippen LogP contribution >= 0.6 is 11.3 Å². The smallest absolute Gasteiger partial charge is 0.241 e. The van der Waals surface area contributed by atoms with E-state index in [1.165, 1.54) is 4.90 Å². The Morgan fingerprint density at radius 2 is 2.15 bits per heavy atom. The largest absolute Gasteiger partial charge is 0.347 e. The summed E-state index contributed by atoms with van der Waals surface area (Å²) in [5.41, 5.74) is 0.936. The average molecular weight is 374 g/mol. The second kappa shape index (κ2) is 6.83. The summed E-state index contributed by atoms with van der Waals surface area (Å²) in [6.07, 6.45) is 3.15. The molecule has 2 aliphatic carbocycles. The number of hydrogen-bond acceptors (Lipinski definition) is 6. The number of carbonyl (C=O) groups is 2.